The van der Waals surface area contributed by atoms with Gasteiger partial charge in [0.2, 0.25) is 0 Å². The van der Waals surface area contributed by atoms with E-state index in [4.69, 9.17) is 12.2 Å². The fraction of sp³-hybridized carbons (Fsp3) is 0.500. The number of nitrogens with zero attached hydrogens (tertiary/aromatic N) is 1. The molecule has 0 amide bonds. The summed E-state index contributed by atoms with van der Waals surface area (Å²) in [4.78, 5) is 2.39. The van der Waals surface area contributed by atoms with Gasteiger partial charge in [0.05, 0.1) is 0 Å². The lowest BCUT2D eigenvalue weighted by Crippen LogP contribution is -2.40. The predicted molar refractivity (Wildman–Crippen MR) is 80.9 cm³/mol. The molecule has 4 heteroatoms. The molecular weight excluding hydrogens is 242 g/mol. The van der Waals surface area contributed by atoms with Crippen LogP contribution in [0.1, 0.15) is 12.8 Å². The Morgan fingerprint density at radius 1 is 1.39 bits per heavy atom. The van der Waals surface area contributed by atoms with Crippen LogP contribution in [-0.4, -0.2) is 36.7 Å². The van der Waals surface area contributed by atoms with Crippen LogP contribution in [0.15, 0.2) is 30.3 Å². The lowest BCUT2D eigenvalue weighted by molar-refractivity contribution is 0.211. The Bertz CT molecular complexity index is 380. The molecule has 1 heterocycles. The van der Waals surface area contributed by atoms with Crippen molar-refractivity contribution in [2.24, 2.45) is 5.92 Å². The first-order chi connectivity index (χ1) is 8.74. The zero-order valence-corrected chi connectivity index (χ0v) is 11.7. The molecule has 1 aromatic rings. The number of likely N-dealkylation sites (tertiary alicyclic amines) is 1. The van der Waals surface area contributed by atoms with Gasteiger partial charge in [0.15, 0.2) is 5.11 Å². The molecule has 1 saturated heterocycles. The Morgan fingerprint density at radius 3 is 2.89 bits per heavy atom. The molecule has 1 aliphatic heterocycles. The van der Waals surface area contributed by atoms with Gasteiger partial charge in [-0.05, 0) is 56.7 Å². The number of benzene rings is 1. The first-order valence-electron chi connectivity index (χ1n) is 6.52. The smallest absolute Gasteiger partial charge is 0.170 e. The van der Waals surface area contributed by atoms with Crippen LogP contribution in [0.25, 0.3) is 0 Å². The van der Waals surface area contributed by atoms with Gasteiger partial charge < -0.3 is 15.5 Å². The lowest BCUT2D eigenvalue weighted by Gasteiger charge is -2.30. The summed E-state index contributed by atoms with van der Waals surface area (Å²) in [6.07, 6.45) is 2.59. The van der Waals surface area contributed by atoms with E-state index in [0.29, 0.717) is 5.92 Å². The number of hydrogen-bond acceptors (Lipinski definition) is 2. The monoisotopic (exact) mass is 263 g/mol. The first kappa shape index (κ1) is 13.3. The second-order valence-electron chi connectivity index (χ2n) is 4.97. The number of anilines is 1. The van der Waals surface area contributed by atoms with Crippen LogP contribution in [0.2, 0.25) is 0 Å². The fourth-order valence-corrected chi connectivity index (χ4v) is 2.57. The van der Waals surface area contributed by atoms with E-state index in [2.05, 4.69) is 22.6 Å². The fourth-order valence-electron chi connectivity index (χ4n) is 2.37. The molecule has 1 aliphatic rings. The molecule has 0 spiro atoms. The second-order valence-corrected chi connectivity index (χ2v) is 5.38. The molecule has 0 aromatic heterocycles. The highest BCUT2D eigenvalue weighted by atomic mass is 32.1. The molecule has 1 atom stereocenters. The van der Waals surface area contributed by atoms with Crippen LogP contribution in [0, 0.1) is 5.92 Å². The highest BCUT2D eigenvalue weighted by Gasteiger charge is 2.16. The average Bonchev–Trinajstić information content (AvgIpc) is 2.38. The predicted octanol–water partition coefficient (Wildman–Crippen LogP) is 2.31. The highest BCUT2D eigenvalue weighted by molar-refractivity contribution is 7.80. The standard InChI is InChI=1S/C14H21N3S/c1-17-9-5-6-12(11-17)10-15-14(18)16-13-7-3-2-4-8-13/h2-4,7-8,12H,5-6,9-11H2,1H3,(H2,15,16,18). The molecule has 1 aromatic carbocycles. The molecule has 3 nitrogen and oxygen atoms in total. The Hall–Kier alpha value is -1.13. The minimum Gasteiger partial charge on any atom is -0.362 e. The Balaban J connectivity index is 1.71. The van der Waals surface area contributed by atoms with Gasteiger partial charge in [0, 0.05) is 18.8 Å². The zero-order valence-electron chi connectivity index (χ0n) is 10.9. The van der Waals surface area contributed by atoms with Gasteiger partial charge in [0.25, 0.3) is 0 Å². The minimum absolute atomic E-state index is 0.708. The van der Waals surface area contributed by atoms with Gasteiger partial charge in [-0.1, -0.05) is 18.2 Å². The topological polar surface area (TPSA) is 27.3 Å². The van der Waals surface area contributed by atoms with E-state index in [9.17, 15) is 0 Å². The number of para-hydroxylation sites is 1. The largest absolute Gasteiger partial charge is 0.362 e. The van der Waals surface area contributed by atoms with Gasteiger partial charge in [0.1, 0.15) is 0 Å². The molecule has 0 radical (unpaired) electrons. The van der Waals surface area contributed by atoms with Gasteiger partial charge in [-0.3, -0.25) is 0 Å². The van der Waals surface area contributed by atoms with Crippen LogP contribution in [0.5, 0.6) is 0 Å². The van der Waals surface area contributed by atoms with E-state index in [1.165, 1.54) is 25.9 Å². The van der Waals surface area contributed by atoms with Gasteiger partial charge >= 0.3 is 0 Å². The van der Waals surface area contributed by atoms with E-state index >= 15 is 0 Å². The van der Waals surface area contributed by atoms with Crippen LogP contribution < -0.4 is 10.6 Å². The molecule has 0 saturated carbocycles. The number of piperidine rings is 1. The molecule has 98 valence electrons. The summed E-state index contributed by atoms with van der Waals surface area (Å²) in [5.74, 6) is 0.708. The van der Waals surface area contributed by atoms with Crippen molar-refractivity contribution in [3.8, 4) is 0 Å². The molecule has 0 aliphatic carbocycles. The second kappa shape index (κ2) is 6.71. The Morgan fingerprint density at radius 2 is 2.17 bits per heavy atom. The molecule has 18 heavy (non-hydrogen) atoms. The van der Waals surface area contributed by atoms with E-state index in [0.717, 1.165) is 17.3 Å². The molecule has 0 bridgehead atoms. The van der Waals surface area contributed by atoms with Crippen molar-refractivity contribution in [2.45, 2.75) is 12.8 Å². The third-order valence-electron chi connectivity index (χ3n) is 3.31. The molecular formula is C14H21N3S. The van der Waals surface area contributed by atoms with Crippen molar-refractivity contribution >= 4 is 23.0 Å². The quantitative estimate of drug-likeness (QED) is 0.819. The summed E-state index contributed by atoms with van der Waals surface area (Å²) in [6.45, 7) is 3.35. The van der Waals surface area contributed by atoms with Crippen molar-refractivity contribution in [3.63, 3.8) is 0 Å². The minimum atomic E-state index is 0.708. The van der Waals surface area contributed by atoms with E-state index in [-0.39, 0.29) is 0 Å². The number of nitrogens with one attached hydrogen (secondary N) is 2. The highest BCUT2D eigenvalue weighted by Crippen LogP contribution is 2.14. The zero-order chi connectivity index (χ0) is 12.8. The summed E-state index contributed by atoms with van der Waals surface area (Å²) in [7, 11) is 2.19. The van der Waals surface area contributed by atoms with Crippen molar-refractivity contribution in [2.75, 3.05) is 32.0 Å². The van der Waals surface area contributed by atoms with Crippen LogP contribution in [-0.2, 0) is 0 Å². The molecule has 2 rings (SSSR count). The first-order valence-corrected chi connectivity index (χ1v) is 6.93. The Labute approximate surface area is 115 Å². The third kappa shape index (κ3) is 4.27. The lowest BCUT2D eigenvalue weighted by atomic mass is 9.99. The van der Waals surface area contributed by atoms with Crippen LogP contribution >= 0.6 is 12.2 Å². The summed E-state index contributed by atoms with van der Waals surface area (Å²) < 4.78 is 0. The maximum Gasteiger partial charge on any atom is 0.170 e. The maximum atomic E-state index is 5.30. The molecule has 2 N–H and O–H groups in total. The van der Waals surface area contributed by atoms with E-state index < -0.39 is 0 Å². The SMILES string of the molecule is CN1CCCC(CNC(=S)Nc2ccccc2)C1. The number of thiocarbonyl (C=S) groups is 1. The van der Waals surface area contributed by atoms with E-state index in [1.807, 2.05) is 30.3 Å². The van der Waals surface area contributed by atoms with Gasteiger partial charge in [-0.15, -0.1) is 0 Å². The van der Waals surface area contributed by atoms with Crippen molar-refractivity contribution in [1.82, 2.24) is 10.2 Å². The normalized spacial score (nSPS) is 20.4. The summed E-state index contributed by atoms with van der Waals surface area (Å²) in [5.41, 5.74) is 1.04. The number of rotatable bonds is 3. The van der Waals surface area contributed by atoms with E-state index in [1.54, 1.807) is 0 Å². The molecule has 1 fully saturated rings. The van der Waals surface area contributed by atoms with Crippen molar-refractivity contribution in [1.29, 1.82) is 0 Å². The van der Waals surface area contributed by atoms with Crippen molar-refractivity contribution in [3.05, 3.63) is 30.3 Å². The van der Waals surface area contributed by atoms with Crippen molar-refractivity contribution < 1.29 is 0 Å². The van der Waals surface area contributed by atoms with Gasteiger partial charge in [-0.25, -0.2) is 0 Å². The number of hydrogen-bond donors (Lipinski definition) is 2. The van der Waals surface area contributed by atoms with Crippen LogP contribution in [0.3, 0.4) is 0 Å². The average molecular weight is 263 g/mol. The Kier molecular flexibility index (Phi) is 4.96. The summed E-state index contributed by atoms with van der Waals surface area (Å²) >= 11 is 5.30. The molecule has 1 unspecified atom stereocenters. The van der Waals surface area contributed by atoms with Crippen LogP contribution in [0.4, 0.5) is 5.69 Å². The third-order valence-corrected chi connectivity index (χ3v) is 3.55. The van der Waals surface area contributed by atoms with Gasteiger partial charge in [-0.2, -0.15) is 0 Å². The summed E-state index contributed by atoms with van der Waals surface area (Å²) in [5, 5.41) is 7.23. The summed E-state index contributed by atoms with van der Waals surface area (Å²) in [6, 6.07) is 10.0. The maximum absolute atomic E-state index is 5.30.